The average Bonchev–Trinajstić information content (AvgIpc) is 2.67. The van der Waals surface area contributed by atoms with Gasteiger partial charge in [0.25, 0.3) is 0 Å². The summed E-state index contributed by atoms with van der Waals surface area (Å²) in [5.74, 6) is 1.00. The smallest absolute Gasteiger partial charge is 0.248 e. The van der Waals surface area contributed by atoms with E-state index in [1.807, 2.05) is 35.2 Å². The molecule has 132 valence electrons. The molecule has 0 atom stereocenters. The fourth-order valence-electron chi connectivity index (χ4n) is 3.12. The first kappa shape index (κ1) is 17.1. The van der Waals surface area contributed by atoms with Gasteiger partial charge < -0.3 is 19.5 Å². The summed E-state index contributed by atoms with van der Waals surface area (Å²) >= 11 is 0. The van der Waals surface area contributed by atoms with Crippen molar-refractivity contribution >= 4 is 11.6 Å². The number of amides is 1. The van der Waals surface area contributed by atoms with Crippen LogP contribution in [0.2, 0.25) is 0 Å². The van der Waals surface area contributed by atoms with Gasteiger partial charge in [0.1, 0.15) is 5.75 Å². The van der Waals surface area contributed by atoms with E-state index < -0.39 is 0 Å². The second kappa shape index (κ2) is 7.88. The van der Waals surface area contributed by atoms with Gasteiger partial charge in [-0.05, 0) is 24.1 Å². The van der Waals surface area contributed by atoms with E-state index in [-0.39, 0.29) is 11.5 Å². The number of aromatic amines is 1. The number of piperazine rings is 1. The number of methoxy groups -OCH3 is 1. The number of pyridine rings is 1. The highest BCUT2D eigenvalue weighted by molar-refractivity contribution is 5.77. The molecule has 3 rings (SSSR count). The molecule has 1 aromatic carbocycles. The summed E-state index contributed by atoms with van der Waals surface area (Å²) in [5, 5.41) is 0. The number of aromatic nitrogens is 1. The monoisotopic (exact) mass is 341 g/mol. The lowest BCUT2D eigenvalue weighted by Gasteiger charge is -2.36. The Kier molecular flexibility index (Phi) is 5.38. The number of nitrogens with one attached hydrogen (secondary N) is 1. The molecule has 6 nitrogen and oxygen atoms in total. The molecule has 2 aromatic rings. The highest BCUT2D eigenvalue weighted by atomic mass is 16.5. The van der Waals surface area contributed by atoms with Gasteiger partial charge >= 0.3 is 0 Å². The molecule has 0 aliphatic carbocycles. The normalized spacial score (nSPS) is 14.4. The molecule has 0 radical (unpaired) electrons. The quantitative estimate of drug-likeness (QED) is 0.898. The van der Waals surface area contributed by atoms with Crippen LogP contribution in [-0.4, -0.2) is 49.1 Å². The van der Waals surface area contributed by atoms with Gasteiger partial charge in [0.05, 0.1) is 12.8 Å². The highest BCUT2D eigenvalue weighted by Gasteiger charge is 2.21. The Labute approximate surface area is 147 Å². The SMILES string of the molecule is COc1ccccc1CCC(=O)N1CCN(c2ccc(=O)[nH]c2)CC1. The Morgan fingerprint density at radius 2 is 1.88 bits per heavy atom. The maximum Gasteiger partial charge on any atom is 0.248 e. The maximum atomic E-state index is 12.5. The lowest BCUT2D eigenvalue weighted by atomic mass is 10.1. The van der Waals surface area contributed by atoms with Crippen molar-refractivity contribution in [2.45, 2.75) is 12.8 Å². The Morgan fingerprint density at radius 1 is 1.12 bits per heavy atom. The summed E-state index contributed by atoms with van der Waals surface area (Å²) in [6, 6.07) is 11.2. The number of ether oxygens (including phenoxy) is 1. The van der Waals surface area contributed by atoms with Crippen LogP contribution in [0.5, 0.6) is 5.75 Å². The van der Waals surface area contributed by atoms with Crippen molar-refractivity contribution in [1.29, 1.82) is 0 Å². The minimum absolute atomic E-state index is 0.103. The van der Waals surface area contributed by atoms with Crippen LogP contribution in [0.15, 0.2) is 47.4 Å². The van der Waals surface area contributed by atoms with Gasteiger partial charge in [0.2, 0.25) is 11.5 Å². The zero-order valence-electron chi connectivity index (χ0n) is 14.4. The molecule has 1 saturated heterocycles. The summed E-state index contributed by atoms with van der Waals surface area (Å²) in [7, 11) is 1.65. The van der Waals surface area contributed by atoms with Gasteiger partial charge in [0, 0.05) is 44.9 Å². The molecular formula is C19H23N3O3. The molecule has 1 fully saturated rings. The summed E-state index contributed by atoms with van der Waals surface area (Å²) in [6.07, 6.45) is 2.89. The largest absolute Gasteiger partial charge is 0.496 e. The lowest BCUT2D eigenvalue weighted by Crippen LogP contribution is -2.49. The standard InChI is InChI=1S/C19H23N3O3/c1-25-17-5-3-2-4-15(17)6-9-19(24)22-12-10-21(11-13-22)16-7-8-18(23)20-14-16/h2-5,7-8,14H,6,9-13H2,1H3,(H,20,23). The van der Waals surface area contributed by atoms with Crippen molar-refractivity contribution in [3.63, 3.8) is 0 Å². The van der Waals surface area contributed by atoms with E-state index in [0.29, 0.717) is 25.9 Å². The fourth-order valence-corrected chi connectivity index (χ4v) is 3.12. The zero-order chi connectivity index (χ0) is 17.6. The molecule has 1 aromatic heterocycles. The Morgan fingerprint density at radius 3 is 2.56 bits per heavy atom. The van der Waals surface area contributed by atoms with Crippen LogP contribution in [0, 0.1) is 0 Å². The number of nitrogens with zero attached hydrogens (tertiary/aromatic N) is 2. The lowest BCUT2D eigenvalue weighted by molar-refractivity contribution is -0.131. The van der Waals surface area contributed by atoms with Crippen molar-refractivity contribution in [2.75, 3.05) is 38.2 Å². The van der Waals surface area contributed by atoms with Crippen molar-refractivity contribution in [2.24, 2.45) is 0 Å². The van der Waals surface area contributed by atoms with Gasteiger partial charge in [0.15, 0.2) is 0 Å². The van der Waals surface area contributed by atoms with Crippen LogP contribution >= 0.6 is 0 Å². The molecule has 0 saturated carbocycles. The molecular weight excluding hydrogens is 318 g/mol. The third kappa shape index (κ3) is 4.21. The molecule has 2 heterocycles. The first-order valence-electron chi connectivity index (χ1n) is 8.51. The number of rotatable bonds is 5. The van der Waals surface area contributed by atoms with E-state index in [2.05, 4.69) is 9.88 Å². The first-order chi connectivity index (χ1) is 12.2. The van der Waals surface area contributed by atoms with Gasteiger partial charge in [-0.2, -0.15) is 0 Å². The van der Waals surface area contributed by atoms with Crippen molar-refractivity contribution in [3.05, 3.63) is 58.5 Å². The molecule has 0 spiro atoms. The van der Waals surface area contributed by atoms with Gasteiger partial charge in [-0.3, -0.25) is 9.59 Å². The summed E-state index contributed by atoms with van der Waals surface area (Å²) in [4.78, 5) is 30.4. The van der Waals surface area contributed by atoms with Crippen LogP contribution in [0.25, 0.3) is 0 Å². The van der Waals surface area contributed by atoms with Gasteiger partial charge in [-0.1, -0.05) is 18.2 Å². The molecule has 1 aliphatic heterocycles. The van der Waals surface area contributed by atoms with Gasteiger partial charge in [-0.15, -0.1) is 0 Å². The van der Waals surface area contributed by atoms with Crippen molar-refractivity contribution in [1.82, 2.24) is 9.88 Å². The van der Waals surface area contributed by atoms with Crippen LogP contribution in [0.1, 0.15) is 12.0 Å². The summed E-state index contributed by atoms with van der Waals surface area (Å²) < 4.78 is 5.34. The minimum Gasteiger partial charge on any atom is -0.496 e. The second-order valence-corrected chi connectivity index (χ2v) is 6.09. The van der Waals surface area contributed by atoms with Crippen molar-refractivity contribution < 1.29 is 9.53 Å². The van der Waals surface area contributed by atoms with E-state index in [9.17, 15) is 9.59 Å². The van der Waals surface area contributed by atoms with E-state index in [1.54, 1.807) is 13.3 Å². The highest BCUT2D eigenvalue weighted by Crippen LogP contribution is 2.20. The van der Waals surface area contributed by atoms with E-state index >= 15 is 0 Å². The number of H-pyrrole nitrogens is 1. The molecule has 0 bridgehead atoms. The number of hydrogen-bond acceptors (Lipinski definition) is 4. The van der Waals surface area contributed by atoms with E-state index in [4.69, 9.17) is 4.74 Å². The fraction of sp³-hybridized carbons (Fsp3) is 0.368. The number of para-hydroxylation sites is 1. The molecule has 6 heteroatoms. The molecule has 1 amide bonds. The number of carbonyl (C=O) groups excluding carboxylic acids is 1. The van der Waals surface area contributed by atoms with Crippen LogP contribution in [-0.2, 0) is 11.2 Å². The number of hydrogen-bond donors (Lipinski definition) is 1. The average molecular weight is 341 g/mol. The summed E-state index contributed by atoms with van der Waals surface area (Å²) in [6.45, 7) is 2.94. The molecule has 0 unspecified atom stereocenters. The Hall–Kier alpha value is -2.76. The third-order valence-electron chi connectivity index (χ3n) is 4.57. The number of benzene rings is 1. The topological polar surface area (TPSA) is 65.6 Å². The second-order valence-electron chi connectivity index (χ2n) is 6.09. The molecule has 25 heavy (non-hydrogen) atoms. The van der Waals surface area contributed by atoms with Crippen LogP contribution < -0.4 is 15.2 Å². The number of anilines is 1. The van der Waals surface area contributed by atoms with Crippen molar-refractivity contribution in [3.8, 4) is 5.75 Å². The first-order valence-corrected chi connectivity index (χ1v) is 8.51. The van der Waals surface area contributed by atoms with E-state index in [1.165, 1.54) is 6.07 Å². The van der Waals surface area contributed by atoms with Gasteiger partial charge in [-0.25, -0.2) is 0 Å². The Balaban J connectivity index is 1.51. The third-order valence-corrected chi connectivity index (χ3v) is 4.57. The Bertz CT molecular complexity index is 759. The van der Waals surface area contributed by atoms with Crippen LogP contribution in [0.3, 0.4) is 0 Å². The molecule has 1 aliphatic rings. The summed E-state index contributed by atoms with van der Waals surface area (Å²) in [5.41, 5.74) is 1.94. The number of carbonyl (C=O) groups is 1. The zero-order valence-corrected chi connectivity index (χ0v) is 14.4. The maximum absolute atomic E-state index is 12.5. The van der Waals surface area contributed by atoms with E-state index in [0.717, 1.165) is 30.1 Å². The minimum atomic E-state index is -0.103. The number of aryl methyl sites for hydroxylation is 1. The molecule has 1 N–H and O–H groups in total. The predicted molar refractivity (Wildman–Crippen MR) is 97.2 cm³/mol. The van der Waals surface area contributed by atoms with Crippen LogP contribution in [0.4, 0.5) is 5.69 Å². The predicted octanol–water partition coefficient (Wildman–Crippen LogP) is 1.66.